The minimum absolute atomic E-state index is 0.0666. The van der Waals surface area contributed by atoms with Crippen LogP contribution in [0.4, 0.5) is 0 Å². The van der Waals surface area contributed by atoms with Crippen molar-refractivity contribution in [3.05, 3.63) is 72.3 Å². The Morgan fingerprint density at radius 3 is 2.44 bits per heavy atom. The molecule has 32 heavy (non-hydrogen) atoms. The highest BCUT2D eigenvalue weighted by molar-refractivity contribution is 7.89. The minimum Gasteiger partial charge on any atom is -0.490 e. The van der Waals surface area contributed by atoms with E-state index in [0.717, 1.165) is 33.1 Å². The number of para-hydroxylation sites is 1. The zero-order valence-corrected chi connectivity index (χ0v) is 18.8. The summed E-state index contributed by atoms with van der Waals surface area (Å²) in [5, 5.41) is 21.1. The van der Waals surface area contributed by atoms with Crippen LogP contribution in [0, 0.1) is 0 Å². The first kappa shape index (κ1) is 22.3. The molecule has 1 heterocycles. The fourth-order valence-corrected chi connectivity index (χ4v) is 4.29. The van der Waals surface area contributed by atoms with Crippen molar-refractivity contribution in [1.82, 2.24) is 10.3 Å². The van der Waals surface area contributed by atoms with Crippen molar-refractivity contribution in [2.45, 2.75) is 30.4 Å². The molecular formula is C24H27N3O4S. The van der Waals surface area contributed by atoms with Crippen molar-refractivity contribution in [3.8, 4) is 5.75 Å². The zero-order valence-electron chi connectivity index (χ0n) is 18.0. The molecule has 0 aliphatic rings. The molecule has 0 bridgehead atoms. The predicted octanol–water partition coefficient (Wildman–Crippen LogP) is 3.23. The Bertz CT molecular complexity index is 1340. The van der Waals surface area contributed by atoms with Gasteiger partial charge in [0.1, 0.15) is 18.5 Å². The molecule has 0 unspecified atom stereocenters. The standard InChI is InChI=1S/C24H27N3O4S/c1-24(2,16-10-12-18(13-11-16)32(25,29)30)26-14-17(28)15-31-22-9-5-8-21-23(22)19-6-3-4-7-20(19)27-21/h3-13,17,26-28H,14-15H2,1-2H3,(H2,25,29,30)/t17-/m0/s1. The quantitative estimate of drug-likeness (QED) is 0.327. The Morgan fingerprint density at radius 1 is 1.03 bits per heavy atom. The summed E-state index contributed by atoms with van der Waals surface area (Å²) in [5.41, 5.74) is 2.41. The average molecular weight is 454 g/mol. The van der Waals surface area contributed by atoms with Crippen LogP contribution in [0.5, 0.6) is 5.75 Å². The van der Waals surface area contributed by atoms with Crippen LogP contribution >= 0.6 is 0 Å². The molecule has 0 saturated carbocycles. The maximum absolute atomic E-state index is 11.4. The van der Waals surface area contributed by atoms with Gasteiger partial charge in [0.2, 0.25) is 10.0 Å². The van der Waals surface area contributed by atoms with Crippen LogP contribution in [-0.2, 0) is 15.6 Å². The Morgan fingerprint density at radius 2 is 1.72 bits per heavy atom. The molecule has 0 saturated heterocycles. The van der Waals surface area contributed by atoms with Gasteiger partial charge in [-0.2, -0.15) is 0 Å². The van der Waals surface area contributed by atoms with Gasteiger partial charge in [-0.25, -0.2) is 13.6 Å². The predicted molar refractivity (Wildman–Crippen MR) is 126 cm³/mol. The summed E-state index contributed by atoms with van der Waals surface area (Å²) in [6.07, 6.45) is -0.738. The summed E-state index contributed by atoms with van der Waals surface area (Å²) in [5.74, 6) is 0.719. The molecule has 4 rings (SSSR count). The summed E-state index contributed by atoms with van der Waals surface area (Å²) in [6.45, 7) is 4.35. The Kier molecular flexibility index (Phi) is 5.96. The first-order valence-corrected chi connectivity index (χ1v) is 11.9. The number of H-pyrrole nitrogens is 1. The third kappa shape index (κ3) is 4.63. The van der Waals surface area contributed by atoms with E-state index >= 15 is 0 Å². The molecule has 8 heteroatoms. The Hall–Kier alpha value is -2.91. The van der Waals surface area contributed by atoms with Gasteiger partial charge in [0.25, 0.3) is 0 Å². The molecule has 5 N–H and O–H groups in total. The number of ether oxygens (including phenoxy) is 1. The fourth-order valence-electron chi connectivity index (χ4n) is 3.77. The summed E-state index contributed by atoms with van der Waals surface area (Å²) in [4.78, 5) is 3.45. The molecule has 4 aromatic rings. The van der Waals surface area contributed by atoms with Gasteiger partial charge in [0, 0.05) is 28.4 Å². The van der Waals surface area contributed by atoms with Gasteiger partial charge < -0.3 is 20.1 Å². The van der Waals surface area contributed by atoms with Crippen LogP contribution in [0.15, 0.2) is 71.6 Å². The largest absolute Gasteiger partial charge is 0.490 e. The molecule has 0 aliphatic heterocycles. The minimum atomic E-state index is -3.73. The summed E-state index contributed by atoms with van der Waals surface area (Å²) in [7, 11) is -3.73. The number of sulfonamides is 1. The van der Waals surface area contributed by atoms with E-state index in [1.165, 1.54) is 12.1 Å². The van der Waals surface area contributed by atoms with Gasteiger partial charge >= 0.3 is 0 Å². The van der Waals surface area contributed by atoms with Gasteiger partial charge in [0.05, 0.1) is 10.4 Å². The maximum Gasteiger partial charge on any atom is 0.238 e. The third-order valence-corrected chi connectivity index (χ3v) is 6.54. The number of nitrogens with two attached hydrogens (primary N) is 1. The fraction of sp³-hybridized carbons (Fsp3) is 0.250. The van der Waals surface area contributed by atoms with E-state index in [4.69, 9.17) is 9.88 Å². The molecule has 0 aliphatic carbocycles. The number of aromatic amines is 1. The number of aliphatic hydroxyl groups excluding tert-OH is 1. The van der Waals surface area contributed by atoms with Crippen LogP contribution in [0.3, 0.4) is 0 Å². The normalized spacial score (nSPS) is 13.5. The molecule has 0 spiro atoms. The van der Waals surface area contributed by atoms with Crippen molar-refractivity contribution in [1.29, 1.82) is 0 Å². The van der Waals surface area contributed by atoms with Gasteiger partial charge in [-0.05, 0) is 49.7 Å². The highest BCUT2D eigenvalue weighted by Crippen LogP contribution is 2.33. The van der Waals surface area contributed by atoms with Crippen molar-refractivity contribution in [2.24, 2.45) is 5.14 Å². The van der Waals surface area contributed by atoms with E-state index in [9.17, 15) is 13.5 Å². The van der Waals surface area contributed by atoms with E-state index in [-0.39, 0.29) is 11.5 Å². The first-order valence-electron chi connectivity index (χ1n) is 10.3. The second-order valence-electron chi connectivity index (χ2n) is 8.39. The molecule has 168 valence electrons. The Balaban J connectivity index is 1.41. The number of aromatic nitrogens is 1. The summed E-state index contributed by atoms with van der Waals surface area (Å²) < 4.78 is 28.9. The lowest BCUT2D eigenvalue weighted by molar-refractivity contribution is 0.0995. The van der Waals surface area contributed by atoms with E-state index < -0.39 is 21.7 Å². The van der Waals surface area contributed by atoms with E-state index in [0.29, 0.717) is 6.54 Å². The number of fused-ring (bicyclic) bond motifs is 3. The van der Waals surface area contributed by atoms with Crippen LogP contribution in [0.1, 0.15) is 19.4 Å². The van der Waals surface area contributed by atoms with Gasteiger partial charge in [-0.15, -0.1) is 0 Å². The maximum atomic E-state index is 11.4. The molecule has 3 aromatic carbocycles. The number of hydrogen-bond donors (Lipinski definition) is 4. The van der Waals surface area contributed by atoms with E-state index in [1.807, 2.05) is 56.3 Å². The monoisotopic (exact) mass is 453 g/mol. The lowest BCUT2D eigenvalue weighted by Crippen LogP contribution is -2.42. The Labute approximate surface area is 187 Å². The number of benzene rings is 3. The molecule has 0 fully saturated rings. The number of hydrogen-bond acceptors (Lipinski definition) is 5. The lowest BCUT2D eigenvalue weighted by atomic mass is 9.94. The lowest BCUT2D eigenvalue weighted by Gasteiger charge is -2.28. The van der Waals surface area contributed by atoms with Crippen LogP contribution < -0.4 is 15.2 Å². The summed E-state index contributed by atoms with van der Waals surface area (Å²) in [6, 6.07) is 20.3. The van der Waals surface area contributed by atoms with Gasteiger partial charge in [-0.1, -0.05) is 36.4 Å². The van der Waals surface area contributed by atoms with Crippen molar-refractivity contribution < 1.29 is 18.3 Å². The van der Waals surface area contributed by atoms with E-state index in [2.05, 4.69) is 10.3 Å². The average Bonchev–Trinajstić information content (AvgIpc) is 3.15. The van der Waals surface area contributed by atoms with Gasteiger partial charge in [0.15, 0.2) is 0 Å². The molecule has 1 aromatic heterocycles. The zero-order chi connectivity index (χ0) is 22.9. The third-order valence-electron chi connectivity index (χ3n) is 5.61. The number of primary sulfonamides is 1. The van der Waals surface area contributed by atoms with Crippen molar-refractivity contribution >= 4 is 31.8 Å². The number of rotatable bonds is 8. The van der Waals surface area contributed by atoms with Crippen LogP contribution in [0.2, 0.25) is 0 Å². The van der Waals surface area contributed by atoms with E-state index in [1.54, 1.807) is 12.1 Å². The number of nitrogens with one attached hydrogen (secondary N) is 2. The van der Waals surface area contributed by atoms with Crippen molar-refractivity contribution in [3.63, 3.8) is 0 Å². The molecule has 1 atom stereocenters. The second kappa shape index (κ2) is 8.55. The van der Waals surface area contributed by atoms with Crippen molar-refractivity contribution in [2.75, 3.05) is 13.2 Å². The molecular weight excluding hydrogens is 426 g/mol. The smallest absolute Gasteiger partial charge is 0.238 e. The molecule has 0 radical (unpaired) electrons. The second-order valence-corrected chi connectivity index (χ2v) is 9.95. The number of aliphatic hydroxyl groups is 1. The SMILES string of the molecule is CC(C)(NC[C@H](O)COc1cccc2[nH]c3ccccc3c12)c1ccc(S(N)(=O)=O)cc1. The molecule has 0 amide bonds. The highest BCUT2D eigenvalue weighted by Gasteiger charge is 2.22. The molecule has 7 nitrogen and oxygen atoms in total. The summed E-state index contributed by atoms with van der Waals surface area (Å²) >= 11 is 0. The van der Waals surface area contributed by atoms with Crippen LogP contribution in [-0.4, -0.2) is 37.8 Å². The van der Waals surface area contributed by atoms with Gasteiger partial charge in [-0.3, -0.25) is 0 Å². The van der Waals surface area contributed by atoms with Crippen LogP contribution in [0.25, 0.3) is 21.8 Å². The highest BCUT2D eigenvalue weighted by atomic mass is 32.2. The first-order chi connectivity index (χ1) is 15.1. The topological polar surface area (TPSA) is 117 Å².